The van der Waals surface area contributed by atoms with Crippen molar-refractivity contribution in [3.63, 3.8) is 0 Å². The Morgan fingerprint density at radius 3 is 2.47 bits per heavy atom. The Kier molecular flexibility index (Phi) is 4.84. The highest BCUT2D eigenvalue weighted by Crippen LogP contribution is 2.28. The third kappa shape index (κ3) is 3.21. The Hall–Kier alpha value is -1.67. The molecule has 0 unspecified atom stereocenters. The SMILES string of the molecule is CCNc1cc(S(=O)(=O)N(C)CC)ccc1[N+](=O)[O-]. The van der Waals surface area contributed by atoms with E-state index in [-0.39, 0.29) is 16.3 Å². The summed E-state index contributed by atoms with van der Waals surface area (Å²) in [5.41, 5.74) is 0.0676. The molecular weight excluding hydrogens is 270 g/mol. The van der Waals surface area contributed by atoms with Gasteiger partial charge in [0.05, 0.1) is 9.82 Å². The Balaban J connectivity index is 3.33. The molecule has 8 heteroatoms. The minimum atomic E-state index is -3.60. The average Bonchev–Trinajstić information content (AvgIpc) is 2.37. The van der Waals surface area contributed by atoms with E-state index in [2.05, 4.69) is 5.32 Å². The molecule has 106 valence electrons. The Labute approximate surface area is 112 Å². The summed E-state index contributed by atoms with van der Waals surface area (Å²) in [5, 5.41) is 13.7. The molecule has 0 bridgehead atoms. The Bertz CT molecular complexity index is 571. The fourth-order valence-corrected chi connectivity index (χ4v) is 2.72. The summed E-state index contributed by atoms with van der Waals surface area (Å²) in [6.07, 6.45) is 0. The van der Waals surface area contributed by atoms with Crippen LogP contribution < -0.4 is 5.32 Å². The molecular formula is C11H17N3O4S. The monoisotopic (exact) mass is 287 g/mol. The number of hydrogen-bond donors (Lipinski definition) is 1. The number of hydrogen-bond acceptors (Lipinski definition) is 5. The molecule has 0 heterocycles. The van der Waals surface area contributed by atoms with E-state index in [1.807, 2.05) is 0 Å². The first-order valence-electron chi connectivity index (χ1n) is 5.83. The highest BCUT2D eigenvalue weighted by molar-refractivity contribution is 7.89. The summed E-state index contributed by atoms with van der Waals surface area (Å²) in [5.74, 6) is 0. The molecule has 1 aromatic carbocycles. The van der Waals surface area contributed by atoms with E-state index in [9.17, 15) is 18.5 Å². The van der Waals surface area contributed by atoms with Crippen LogP contribution in [0.5, 0.6) is 0 Å². The van der Waals surface area contributed by atoms with E-state index in [0.717, 1.165) is 0 Å². The number of sulfonamides is 1. The van der Waals surface area contributed by atoms with Crippen LogP contribution in [0.2, 0.25) is 0 Å². The van der Waals surface area contributed by atoms with E-state index in [4.69, 9.17) is 0 Å². The second kappa shape index (κ2) is 5.98. The molecule has 0 saturated heterocycles. The van der Waals surface area contributed by atoms with Crippen LogP contribution in [0.1, 0.15) is 13.8 Å². The number of rotatable bonds is 6. The second-order valence-electron chi connectivity index (χ2n) is 3.89. The van der Waals surface area contributed by atoms with Crippen molar-refractivity contribution in [2.24, 2.45) is 0 Å². The van der Waals surface area contributed by atoms with E-state index < -0.39 is 14.9 Å². The molecule has 0 aromatic heterocycles. The smallest absolute Gasteiger partial charge is 0.292 e. The van der Waals surface area contributed by atoms with Crippen LogP contribution in [0.15, 0.2) is 23.1 Å². The van der Waals surface area contributed by atoms with E-state index in [0.29, 0.717) is 13.1 Å². The molecule has 1 N–H and O–H groups in total. The molecule has 0 radical (unpaired) electrons. The summed E-state index contributed by atoms with van der Waals surface area (Å²) >= 11 is 0. The van der Waals surface area contributed by atoms with Gasteiger partial charge in [0.15, 0.2) is 0 Å². The number of benzene rings is 1. The summed E-state index contributed by atoms with van der Waals surface area (Å²) in [4.78, 5) is 10.3. The van der Waals surface area contributed by atoms with Gasteiger partial charge in [-0.25, -0.2) is 12.7 Å². The van der Waals surface area contributed by atoms with Crippen LogP contribution >= 0.6 is 0 Å². The molecule has 0 amide bonds. The molecule has 0 atom stereocenters. The first kappa shape index (κ1) is 15.4. The van der Waals surface area contributed by atoms with Gasteiger partial charge in [0.25, 0.3) is 5.69 Å². The normalized spacial score (nSPS) is 11.6. The van der Waals surface area contributed by atoms with Crippen LogP contribution in [0, 0.1) is 10.1 Å². The lowest BCUT2D eigenvalue weighted by Gasteiger charge is -2.15. The summed E-state index contributed by atoms with van der Waals surface area (Å²) < 4.78 is 25.4. The minimum Gasteiger partial charge on any atom is -0.380 e. The van der Waals surface area contributed by atoms with Crippen molar-refractivity contribution in [1.82, 2.24) is 4.31 Å². The van der Waals surface area contributed by atoms with Gasteiger partial charge in [-0.15, -0.1) is 0 Å². The average molecular weight is 287 g/mol. The molecule has 0 fully saturated rings. The molecule has 0 aliphatic heterocycles. The summed E-state index contributed by atoms with van der Waals surface area (Å²) in [6, 6.07) is 3.75. The lowest BCUT2D eigenvalue weighted by atomic mass is 10.2. The van der Waals surface area contributed by atoms with E-state index in [1.165, 1.54) is 29.6 Å². The third-order valence-electron chi connectivity index (χ3n) is 2.69. The fraction of sp³-hybridized carbons (Fsp3) is 0.455. The van der Waals surface area contributed by atoms with E-state index in [1.54, 1.807) is 13.8 Å². The van der Waals surface area contributed by atoms with Gasteiger partial charge in [-0.2, -0.15) is 0 Å². The van der Waals surface area contributed by atoms with Crippen LogP contribution in [0.4, 0.5) is 11.4 Å². The predicted molar refractivity (Wildman–Crippen MR) is 72.7 cm³/mol. The number of nitro benzene ring substituents is 1. The van der Waals surface area contributed by atoms with Gasteiger partial charge < -0.3 is 5.32 Å². The first-order valence-corrected chi connectivity index (χ1v) is 7.27. The van der Waals surface area contributed by atoms with Gasteiger partial charge in [0, 0.05) is 26.2 Å². The van der Waals surface area contributed by atoms with Crippen molar-refractivity contribution in [3.8, 4) is 0 Å². The molecule has 0 spiro atoms. The maximum Gasteiger partial charge on any atom is 0.292 e. The Morgan fingerprint density at radius 1 is 1.37 bits per heavy atom. The van der Waals surface area contributed by atoms with Gasteiger partial charge in [-0.3, -0.25) is 10.1 Å². The van der Waals surface area contributed by atoms with Crippen molar-refractivity contribution >= 4 is 21.4 Å². The fourth-order valence-electron chi connectivity index (χ4n) is 1.52. The van der Waals surface area contributed by atoms with Gasteiger partial charge in [0.2, 0.25) is 10.0 Å². The minimum absolute atomic E-state index is 0.0402. The quantitative estimate of drug-likeness (QED) is 0.634. The number of nitrogens with one attached hydrogen (secondary N) is 1. The van der Waals surface area contributed by atoms with Crippen molar-refractivity contribution < 1.29 is 13.3 Å². The molecule has 0 saturated carbocycles. The van der Waals surface area contributed by atoms with Crippen LogP contribution in [0.25, 0.3) is 0 Å². The zero-order chi connectivity index (χ0) is 14.6. The third-order valence-corrected chi connectivity index (χ3v) is 4.61. The zero-order valence-electron chi connectivity index (χ0n) is 11.1. The molecule has 0 aliphatic carbocycles. The largest absolute Gasteiger partial charge is 0.380 e. The van der Waals surface area contributed by atoms with Crippen LogP contribution in [-0.4, -0.2) is 37.8 Å². The molecule has 1 rings (SSSR count). The number of nitro groups is 1. The topological polar surface area (TPSA) is 92.6 Å². The lowest BCUT2D eigenvalue weighted by molar-refractivity contribution is -0.384. The predicted octanol–water partition coefficient (Wildman–Crippen LogP) is 1.67. The van der Waals surface area contributed by atoms with Gasteiger partial charge in [-0.1, -0.05) is 6.92 Å². The standard InChI is InChI=1S/C11H17N3O4S/c1-4-12-10-8-9(6-7-11(10)14(15)16)19(17,18)13(3)5-2/h6-8,12H,4-5H2,1-3H3. The first-order chi connectivity index (χ1) is 8.84. The Morgan fingerprint density at radius 2 is 2.00 bits per heavy atom. The maximum atomic E-state index is 12.1. The number of nitrogens with zero attached hydrogens (tertiary/aromatic N) is 2. The van der Waals surface area contributed by atoms with Crippen molar-refractivity contribution in [3.05, 3.63) is 28.3 Å². The van der Waals surface area contributed by atoms with Gasteiger partial charge in [0.1, 0.15) is 5.69 Å². The highest BCUT2D eigenvalue weighted by Gasteiger charge is 2.23. The van der Waals surface area contributed by atoms with Crippen molar-refractivity contribution in [2.45, 2.75) is 18.7 Å². The van der Waals surface area contributed by atoms with E-state index >= 15 is 0 Å². The van der Waals surface area contributed by atoms with Crippen molar-refractivity contribution in [2.75, 3.05) is 25.5 Å². The molecule has 7 nitrogen and oxygen atoms in total. The summed E-state index contributed by atoms with van der Waals surface area (Å²) in [7, 11) is -2.14. The highest BCUT2D eigenvalue weighted by atomic mass is 32.2. The van der Waals surface area contributed by atoms with Crippen molar-refractivity contribution in [1.29, 1.82) is 0 Å². The zero-order valence-corrected chi connectivity index (χ0v) is 11.9. The maximum absolute atomic E-state index is 12.1. The van der Waals surface area contributed by atoms with Gasteiger partial charge in [-0.05, 0) is 19.1 Å². The number of anilines is 1. The molecule has 0 aliphatic rings. The lowest BCUT2D eigenvalue weighted by Crippen LogP contribution is -2.26. The molecule has 19 heavy (non-hydrogen) atoms. The summed E-state index contributed by atoms with van der Waals surface area (Å²) in [6.45, 7) is 4.29. The second-order valence-corrected chi connectivity index (χ2v) is 5.93. The molecule has 1 aromatic rings. The van der Waals surface area contributed by atoms with Crippen LogP contribution in [-0.2, 0) is 10.0 Å². The van der Waals surface area contributed by atoms with Gasteiger partial charge >= 0.3 is 0 Å². The van der Waals surface area contributed by atoms with Crippen LogP contribution in [0.3, 0.4) is 0 Å².